The second kappa shape index (κ2) is 6.29. The Morgan fingerprint density at radius 1 is 1.17 bits per heavy atom. The summed E-state index contributed by atoms with van der Waals surface area (Å²) in [6.07, 6.45) is 3.08. The van der Waals surface area contributed by atoms with Crippen LogP contribution >= 0.6 is 11.6 Å². The van der Waals surface area contributed by atoms with E-state index in [4.69, 9.17) is 16.3 Å². The molecular weight excluding hydrogens is 330 g/mol. The highest BCUT2D eigenvalue weighted by Crippen LogP contribution is 2.30. The number of halogens is 1. The van der Waals surface area contributed by atoms with Gasteiger partial charge in [0.05, 0.1) is 10.5 Å². The second-order valence-corrected chi connectivity index (χ2v) is 5.73. The Labute approximate surface area is 143 Å². The molecule has 0 N–H and O–H groups in total. The molecule has 0 aromatic heterocycles. The van der Waals surface area contributed by atoms with E-state index in [1.54, 1.807) is 6.08 Å². The van der Waals surface area contributed by atoms with Crippen LogP contribution in [-0.4, -0.2) is 10.9 Å². The summed E-state index contributed by atoms with van der Waals surface area (Å²) < 4.78 is 5.27. The molecule has 0 saturated carbocycles. The number of ether oxygens (including phenoxy) is 1. The monoisotopic (exact) mass is 341 g/mol. The predicted molar refractivity (Wildman–Crippen MR) is 91.3 cm³/mol. The van der Waals surface area contributed by atoms with Crippen LogP contribution in [0, 0.1) is 17.0 Å². The molecule has 0 saturated heterocycles. The summed E-state index contributed by atoms with van der Waals surface area (Å²) in [5.41, 5.74) is 2.46. The molecule has 1 aliphatic heterocycles. The quantitative estimate of drug-likeness (QED) is 0.356. The first-order valence-electron chi connectivity index (χ1n) is 7.10. The lowest BCUT2D eigenvalue weighted by Crippen LogP contribution is -1.97. The molecule has 0 amide bonds. The third-order valence-corrected chi connectivity index (χ3v) is 3.91. The molecule has 1 heterocycles. The highest BCUT2D eigenvalue weighted by atomic mass is 35.5. The Balaban J connectivity index is 1.98. The van der Waals surface area contributed by atoms with E-state index in [9.17, 15) is 14.9 Å². The maximum Gasteiger partial charge on any atom is 0.343 e. The lowest BCUT2D eigenvalue weighted by atomic mass is 10.1. The van der Waals surface area contributed by atoms with Crippen molar-refractivity contribution in [3.05, 3.63) is 85.9 Å². The van der Waals surface area contributed by atoms with Crippen molar-refractivity contribution in [1.82, 2.24) is 0 Å². The number of esters is 1. The molecule has 0 radical (unpaired) electrons. The van der Waals surface area contributed by atoms with E-state index in [0.717, 1.165) is 11.1 Å². The van der Waals surface area contributed by atoms with Crippen molar-refractivity contribution in [2.75, 3.05) is 0 Å². The van der Waals surface area contributed by atoms with E-state index < -0.39 is 10.9 Å². The molecule has 24 heavy (non-hydrogen) atoms. The SMILES string of the molecule is Cc1ccc(C2=C/C(=C/c3cc([N+](=O)[O-])ccc3Cl)C(=O)O2)cc1. The number of carbonyl (C=O) groups is 1. The number of hydrogen-bond acceptors (Lipinski definition) is 4. The van der Waals surface area contributed by atoms with Gasteiger partial charge < -0.3 is 4.74 Å². The van der Waals surface area contributed by atoms with Gasteiger partial charge in [-0.25, -0.2) is 4.79 Å². The van der Waals surface area contributed by atoms with Crippen molar-refractivity contribution >= 4 is 35.1 Å². The van der Waals surface area contributed by atoms with Gasteiger partial charge in [0.15, 0.2) is 0 Å². The number of non-ortho nitro benzene ring substituents is 1. The van der Waals surface area contributed by atoms with Crippen LogP contribution in [0.3, 0.4) is 0 Å². The maximum atomic E-state index is 12.0. The molecule has 2 aromatic rings. The first kappa shape index (κ1) is 16.0. The van der Waals surface area contributed by atoms with Crippen LogP contribution in [0.25, 0.3) is 11.8 Å². The summed E-state index contributed by atoms with van der Waals surface area (Å²) in [7, 11) is 0. The maximum absolute atomic E-state index is 12.0. The molecule has 0 bridgehead atoms. The standard InChI is InChI=1S/C18H12ClNO4/c1-11-2-4-12(5-3-11)17-10-14(18(21)24-17)8-13-9-15(20(22)23)6-7-16(13)19/h2-10H,1H3/b14-8-. The van der Waals surface area contributed by atoms with E-state index in [1.165, 1.54) is 24.3 Å². The van der Waals surface area contributed by atoms with Gasteiger partial charge >= 0.3 is 5.97 Å². The summed E-state index contributed by atoms with van der Waals surface area (Å²) in [6.45, 7) is 1.97. The number of rotatable bonds is 3. The molecule has 0 aliphatic carbocycles. The van der Waals surface area contributed by atoms with Crippen molar-refractivity contribution in [2.45, 2.75) is 6.92 Å². The van der Waals surface area contributed by atoms with Crippen LogP contribution in [0.1, 0.15) is 16.7 Å². The van der Waals surface area contributed by atoms with Crippen LogP contribution in [0.4, 0.5) is 5.69 Å². The van der Waals surface area contributed by atoms with Gasteiger partial charge in [-0.2, -0.15) is 0 Å². The van der Waals surface area contributed by atoms with Crippen molar-refractivity contribution in [3.63, 3.8) is 0 Å². The molecule has 120 valence electrons. The zero-order valence-corrected chi connectivity index (χ0v) is 13.4. The van der Waals surface area contributed by atoms with Gasteiger partial charge in [0.2, 0.25) is 0 Å². The molecule has 1 aliphatic rings. The van der Waals surface area contributed by atoms with Crippen LogP contribution < -0.4 is 0 Å². The van der Waals surface area contributed by atoms with Crippen molar-refractivity contribution in [2.24, 2.45) is 0 Å². The number of cyclic esters (lactones) is 1. The Bertz CT molecular complexity index is 898. The molecule has 6 heteroatoms. The molecule has 3 rings (SSSR count). The molecule has 0 unspecified atom stereocenters. The number of nitrogens with zero attached hydrogens (tertiary/aromatic N) is 1. The van der Waals surface area contributed by atoms with Crippen LogP contribution in [0.5, 0.6) is 0 Å². The van der Waals surface area contributed by atoms with Crippen LogP contribution in [-0.2, 0) is 9.53 Å². The van der Waals surface area contributed by atoms with Crippen LogP contribution in [0.2, 0.25) is 5.02 Å². The first-order chi connectivity index (χ1) is 11.4. The fourth-order valence-corrected chi connectivity index (χ4v) is 2.44. The average Bonchev–Trinajstić information content (AvgIpc) is 2.91. The Morgan fingerprint density at radius 2 is 1.88 bits per heavy atom. The normalized spacial score (nSPS) is 15.3. The van der Waals surface area contributed by atoms with Gasteiger partial charge in [-0.3, -0.25) is 10.1 Å². The van der Waals surface area contributed by atoms with Gasteiger partial charge in [-0.15, -0.1) is 0 Å². The van der Waals surface area contributed by atoms with Crippen LogP contribution in [0.15, 0.2) is 54.1 Å². The highest BCUT2D eigenvalue weighted by Gasteiger charge is 2.22. The number of benzene rings is 2. The summed E-state index contributed by atoms with van der Waals surface area (Å²) in [6, 6.07) is 11.6. The number of carbonyl (C=O) groups excluding carboxylic acids is 1. The number of hydrogen-bond donors (Lipinski definition) is 0. The largest absolute Gasteiger partial charge is 0.422 e. The Kier molecular flexibility index (Phi) is 4.18. The predicted octanol–water partition coefficient (Wildman–Crippen LogP) is 4.54. The molecule has 0 atom stereocenters. The van der Waals surface area contributed by atoms with Crippen molar-refractivity contribution < 1.29 is 14.5 Å². The number of aryl methyl sites for hydroxylation is 1. The van der Waals surface area contributed by atoms with Gasteiger partial charge in [0.25, 0.3) is 5.69 Å². The summed E-state index contributed by atoms with van der Waals surface area (Å²) in [5, 5.41) is 11.2. The molecule has 5 nitrogen and oxygen atoms in total. The lowest BCUT2D eigenvalue weighted by molar-refractivity contribution is -0.384. The van der Waals surface area contributed by atoms with E-state index in [0.29, 0.717) is 16.3 Å². The molecule has 2 aromatic carbocycles. The second-order valence-electron chi connectivity index (χ2n) is 5.33. The summed E-state index contributed by atoms with van der Waals surface area (Å²) in [4.78, 5) is 22.4. The van der Waals surface area contributed by atoms with Crippen molar-refractivity contribution in [3.8, 4) is 0 Å². The summed E-state index contributed by atoms with van der Waals surface area (Å²) in [5.74, 6) is -0.0825. The third kappa shape index (κ3) is 3.21. The van der Waals surface area contributed by atoms with E-state index >= 15 is 0 Å². The fraction of sp³-hybridized carbons (Fsp3) is 0.0556. The Hall–Kier alpha value is -2.92. The minimum atomic E-state index is -0.520. The Morgan fingerprint density at radius 3 is 2.54 bits per heavy atom. The van der Waals surface area contributed by atoms with Gasteiger partial charge in [-0.05, 0) is 25.1 Å². The smallest absolute Gasteiger partial charge is 0.343 e. The van der Waals surface area contributed by atoms with Gasteiger partial charge in [0.1, 0.15) is 5.76 Å². The van der Waals surface area contributed by atoms with E-state index in [2.05, 4.69) is 0 Å². The first-order valence-corrected chi connectivity index (χ1v) is 7.48. The number of nitro benzene ring substituents is 1. The molecule has 0 fully saturated rings. The molecule has 0 spiro atoms. The van der Waals surface area contributed by atoms with E-state index in [-0.39, 0.29) is 11.3 Å². The zero-order chi connectivity index (χ0) is 17.3. The van der Waals surface area contributed by atoms with Crippen molar-refractivity contribution in [1.29, 1.82) is 0 Å². The summed E-state index contributed by atoms with van der Waals surface area (Å²) >= 11 is 6.06. The molecular formula is C18H12ClNO4. The van der Waals surface area contributed by atoms with Gasteiger partial charge in [-0.1, -0.05) is 41.4 Å². The van der Waals surface area contributed by atoms with Gasteiger partial charge in [0, 0.05) is 28.3 Å². The zero-order valence-electron chi connectivity index (χ0n) is 12.7. The minimum absolute atomic E-state index is 0.0969. The lowest BCUT2D eigenvalue weighted by Gasteiger charge is -2.01. The minimum Gasteiger partial charge on any atom is -0.422 e. The highest BCUT2D eigenvalue weighted by molar-refractivity contribution is 6.32. The van der Waals surface area contributed by atoms with E-state index in [1.807, 2.05) is 31.2 Å². The third-order valence-electron chi connectivity index (χ3n) is 3.56. The topological polar surface area (TPSA) is 69.4 Å². The number of nitro groups is 1. The fourth-order valence-electron chi connectivity index (χ4n) is 2.27. The average molecular weight is 342 g/mol.